The summed E-state index contributed by atoms with van der Waals surface area (Å²) in [5.41, 5.74) is 0.113. The van der Waals surface area contributed by atoms with Crippen molar-refractivity contribution in [1.29, 1.82) is 0 Å². The normalized spacial score (nSPS) is 27.7. The lowest BCUT2D eigenvalue weighted by Gasteiger charge is -2.33. The van der Waals surface area contributed by atoms with Crippen LogP contribution in [-0.2, 0) is 22.4 Å². The summed E-state index contributed by atoms with van der Waals surface area (Å²) in [5.74, 6) is -0.940. The van der Waals surface area contributed by atoms with E-state index in [1.807, 2.05) is 0 Å². The highest BCUT2D eigenvalue weighted by atomic mass is 35.5. The van der Waals surface area contributed by atoms with Crippen molar-refractivity contribution in [3.8, 4) is 0 Å². The first kappa shape index (κ1) is 8.93. The first-order chi connectivity index (χ1) is 12.5. The van der Waals surface area contributed by atoms with E-state index < -0.39 is 31.4 Å². The predicted octanol–water partition coefficient (Wildman–Crippen LogP) is 3.67. The quantitative estimate of drug-likeness (QED) is 0.805. The van der Waals surface area contributed by atoms with Gasteiger partial charge in [-0.05, 0) is 35.0 Å². The molecule has 0 amide bonds. The Hall–Kier alpha value is -1.36. The number of ether oxygens (including phenoxy) is 1. The van der Waals surface area contributed by atoms with Gasteiger partial charge in [0.15, 0.2) is 0 Å². The van der Waals surface area contributed by atoms with Crippen LogP contribution in [0.3, 0.4) is 0 Å². The van der Waals surface area contributed by atoms with Gasteiger partial charge in [-0.15, -0.1) is 11.3 Å². The van der Waals surface area contributed by atoms with E-state index in [2.05, 4.69) is 0 Å². The van der Waals surface area contributed by atoms with E-state index >= 15 is 0 Å². The number of hydrogen-bond acceptors (Lipinski definition) is 4. The van der Waals surface area contributed by atoms with Crippen molar-refractivity contribution in [2.45, 2.75) is 18.9 Å². The summed E-state index contributed by atoms with van der Waals surface area (Å²) in [5, 5.41) is 1.62. The number of methoxy groups -OCH3 is 1. The van der Waals surface area contributed by atoms with Gasteiger partial charge >= 0.3 is 5.97 Å². The molecule has 2 aromatic rings. The van der Waals surface area contributed by atoms with Gasteiger partial charge in [0.25, 0.3) is 0 Å². The van der Waals surface area contributed by atoms with Gasteiger partial charge in [0.05, 0.1) is 7.11 Å². The molecule has 0 spiro atoms. The zero-order valence-corrected chi connectivity index (χ0v) is 12.7. The van der Waals surface area contributed by atoms with Crippen molar-refractivity contribution < 1.29 is 17.8 Å². The minimum Gasteiger partial charge on any atom is -0.468 e. The van der Waals surface area contributed by atoms with Crippen LogP contribution in [0.2, 0.25) is 5.02 Å². The van der Waals surface area contributed by atoms with E-state index in [9.17, 15) is 4.79 Å². The van der Waals surface area contributed by atoms with Gasteiger partial charge in [0, 0.05) is 31.1 Å². The molecule has 0 N–H and O–H groups in total. The van der Waals surface area contributed by atoms with Crippen LogP contribution in [0.15, 0.2) is 35.7 Å². The number of halogens is 1. The second-order valence-electron chi connectivity index (χ2n) is 4.33. The molecule has 1 aliphatic rings. The molecule has 21 heavy (non-hydrogen) atoms. The molecular formula is C16H16ClNO2S. The van der Waals surface area contributed by atoms with E-state index in [-0.39, 0.29) is 21.0 Å². The molecule has 1 aliphatic heterocycles. The lowest BCUT2D eigenvalue weighted by molar-refractivity contribution is -0.147. The third-order valence-electron chi connectivity index (χ3n) is 3.08. The summed E-state index contributed by atoms with van der Waals surface area (Å²) in [6, 6.07) is 5.98. The second-order valence-corrected chi connectivity index (χ2v) is 5.65. The van der Waals surface area contributed by atoms with Gasteiger partial charge in [0.1, 0.15) is 6.04 Å². The molecule has 1 aromatic carbocycles. The molecule has 0 aliphatic carbocycles. The van der Waals surface area contributed by atoms with Crippen molar-refractivity contribution in [3.63, 3.8) is 0 Å². The van der Waals surface area contributed by atoms with Crippen LogP contribution in [0.4, 0.5) is 0 Å². The third kappa shape index (κ3) is 2.84. The van der Waals surface area contributed by atoms with Crippen molar-refractivity contribution in [2.24, 2.45) is 0 Å². The maximum Gasteiger partial charge on any atom is 0.327 e. The number of carbonyl (C=O) groups excluding carboxylic acids is 1. The average Bonchev–Trinajstić information content (AvgIpc) is 3.10. The largest absolute Gasteiger partial charge is 0.468 e. The Labute approximate surface area is 141 Å². The molecule has 0 fully saturated rings. The standard InChI is InChI=1S/C16H16ClNO2S/c1-20-16(19)15(12-4-2-3-5-13(12)17)18-8-6-14-11(10-18)7-9-21-14/h2-5,7,9,15H,6,8,10H2,1H3/t15-/m0/s1/i6D2,8D2,10D2. The molecule has 0 radical (unpaired) electrons. The highest BCUT2D eigenvalue weighted by molar-refractivity contribution is 7.10. The summed E-state index contributed by atoms with van der Waals surface area (Å²) < 4.78 is 55.6. The van der Waals surface area contributed by atoms with Crippen molar-refractivity contribution in [1.82, 2.24) is 4.90 Å². The summed E-state index contributed by atoms with van der Waals surface area (Å²) in [7, 11) is 1.10. The predicted molar refractivity (Wildman–Crippen MR) is 84.6 cm³/mol. The molecule has 2 heterocycles. The lowest BCUT2D eigenvalue weighted by atomic mass is 10.0. The van der Waals surface area contributed by atoms with Crippen LogP contribution in [0.1, 0.15) is 30.3 Å². The van der Waals surface area contributed by atoms with Gasteiger partial charge < -0.3 is 4.74 Å². The van der Waals surface area contributed by atoms with Gasteiger partial charge in [-0.2, -0.15) is 0 Å². The van der Waals surface area contributed by atoms with Crippen LogP contribution in [0, 0.1) is 0 Å². The Morgan fingerprint density at radius 2 is 2.29 bits per heavy atom. The van der Waals surface area contributed by atoms with Crippen LogP contribution >= 0.6 is 22.9 Å². The molecule has 1 aromatic heterocycles. The van der Waals surface area contributed by atoms with E-state index in [1.54, 1.807) is 12.1 Å². The first-order valence-corrected chi connectivity index (χ1v) is 7.44. The number of hydrogen-bond donors (Lipinski definition) is 0. The van der Waals surface area contributed by atoms with Gasteiger partial charge in [0.2, 0.25) is 0 Å². The Kier molecular flexibility index (Phi) is 2.63. The number of fused-ring (bicyclic) bond motifs is 1. The molecule has 0 unspecified atom stereocenters. The first-order valence-electron chi connectivity index (χ1n) is 9.18. The van der Waals surface area contributed by atoms with E-state index in [0.717, 1.165) is 18.4 Å². The lowest BCUT2D eigenvalue weighted by Crippen LogP contribution is -2.38. The molecule has 5 heteroatoms. The SMILES string of the molecule is [2H]C1([2H])c2ccsc2C([2H])([2H])C([2H])([2H])N1[C@H](C(=O)OC)c1ccccc1Cl. The van der Waals surface area contributed by atoms with E-state index in [4.69, 9.17) is 24.6 Å². The monoisotopic (exact) mass is 327 g/mol. The fourth-order valence-corrected chi connectivity index (χ4v) is 3.00. The van der Waals surface area contributed by atoms with E-state index in [0.29, 0.717) is 4.90 Å². The molecule has 0 saturated heterocycles. The Morgan fingerprint density at radius 3 is 3.05 bits per heavy atom. The maximum atomic E-state index is 12.6. The third-order valence-corrected chi connectivity index (χ3v) is 4.25. The zero-order valence-electron chi connectivity index (χ0n) is 17.1. The zero-order chi connectivity index (χ0) is 20.2. The highest BCUT2D eigenvalue weighted by Crippen LogP contribution is 2.33. The van der Waals surface area contributed by atoms with Crippen LogP contribution in [-0.4, -0.2) is 24.5 Å². The Bertz CT molecular complexity index is 887. The van der Waals surface area contributed by atoms with E-state index in [1.165, 1.54) is 23.6 Å². The number of aryl methyl sites for hydroxylation is 1. The van der Waals surface area contributed by atoms with Crippen molar-refractivity contribution in [2.75, 3.05) is 13.6 Å². The van der Waals surface area contributed by atoms with Crippen molar-refractivity contribution in [3.05, 3.63) is 56.7 Å². The Morgan fingerprint density at radius 1 is 1.48 bits per heavy atom. The molecular weight excluding hydrogens is 306 g/mol. The molecule has 1 atom stereocenters. The summed E-state index contributed by atoms with van der Waals surface area (Å²) in [6.45, 7) is -5.35. The second kappa shape index (κ2) is 6.18. The van der Waals surface area contributed by atoms with Crippen LogP contribution < -0.4 is 0 Å². The average molecular weight is 328 g/mol. The van der Waals surface area contributed by atoms with Crippen LogP contribution in [0.5, 0.6) is 0 Å². The van der Waals surface area contributed by atoms with Crippen molar-refractivity contribution >= 4 is 28.9 Å². The summed E-state index contributed by atoms with van der Waals surface area (Å²) in [4.78, 5) is 13.2. The minimum absolute atomic E-state index is 0.0198. The smallest absolute Gasteiger partial charge is 0.327 e. The fourth-order valence-electron chi connectivity index (χ4n) is 2.07. The number of esters is 1. The number of thiophene rings is 1. The van der Waals surface area contributed by atoms with Crippen LogP contribution in [0.25, 0.3) is 0 Å². The van der Waals surface area contributed by atoms with Gasteiger partial charge in [-0.25, -0.2) is 4.79 Å². The highest BCUT2D eigenvalue weighted by Gasteiger charge is 2.32. The minimum atomic E-state index is -2.87. The van der Waals surface area contributed by atoms with Gasteiger partial charge in [-0.3, -0.25) is 4.90 Å². The Balaban J connectivity index is 2.31. The molecule has 110 valence electrons. The molecule has 0 saturated carbocycles. The molecule has 3 nitrogen and oxygen atoms in total. The topological polar surface area (TPSA) is 29.5 Å². The number of benzene rings is 1. The summed E-state index contributed by atoms with van der Waals surface area (Å²) in [6.07, 6.45) is -2.56. The fraction of sp³-hybridized carbons (Fsp3) is 0.312. The number of carbonyl (C=O) groups is 1. The number of rotatable bonds is 3. The molecule has 3 rings (SSSR count). The molecule has 0 bridgehead atoms. The van der Waals surface area contributed by atoms with Gasteiger partial charge in [-0.1, -0.05) is 29.8 Å². The maximum absolute atomic E-state index is 12.6. The summed E-state index contributed by atoms with van der Waals surface area (Å²) >= 11 is 7.14. The number of nitrogens with zero attached hydrogens (tertiary/aromatic N) is 1.